The zero-order valence-corrected chi connectivity index (χ0v) is 13.6. The Labute approximate surface area is 140 Å². The molecule has 0 aliphatic carbocycles. The van der Waals surface area contributed by atoms with Crippen LogP contribution in [0.3, 0.4) is 0 Å². The first kappa shape index (κ1) is 16.5. The fourth-order valence-corrected chi connectivity index (χ4v) is 3.30. The molecule has 1 N–H and O–H groups in total. The SMILES string of the molecule is O=C(O)CCC1CCCCN1C(=O)CCc1nc2ccccc2o1. The predicted molar refractivity (Wildman–Crippen MR) is 88.6 cm³/mol. The molecule has 0 radical (unpaired) electrons. The number of rotatable bonds is 6. The van der Waals surface area contributed by atoms with Crippen LogP contribution in [0.1, 0.15) is 44.4 Å². The van der Waals surface area contributed by atoms with E-state index in [1.54, 1.807) is 0 Å². The molecule has 24 heavy (non-hydrogen) atoms. The van der Waals surface area contributed by atoms with E-state index in [9.17, 15) is 9.59 Å². The van der Waals surface area contributed by atoms with Gasteiger partial charge in [0.1, 0.15) is 5.52 Å². The number of fused-ring (bicyclic) bond motifs is 1. The number of likely N-dealkylation sites (tertiary alicyclic amines) is 1. The van der Waals surface area contributed by atoms with Crippen LogP contribution < -0.4 is 0 Å². The summed E-state index contributed by atoms with van der Waals surface area (Å²) in [4.78, 5) is 29.6. The maximum Gasteiger partial charge on any atom is 0.303 e. The lowest BCUT2D eigenvalue weighted by Crippen LogP contribution is -2.44. The second kappa shape index (κ2) is 7.47. The molecule has 1 aliphatic heterocycles. The molecule has 3 rings (SSSR count). The smallest absolute Gasteiger partial charge is 0.303 e. The van der Waals surface area contributed by atoms with Crippen molar-refractivity contribution in [2.45, 2.75) is 51.0 Å². The van der Waals surface area contributed by atoms with Crippen LogP contribution in [0, 0.1) is 0 Å². The van der Waals surface area contributed by atoms with Crippen molar-refractivity contribution in [3.8, 4) is 0 Å². The summed E-state index contributed by atoms with van der Waals surface area (Å²) in [6, 6.07) is 7.59. The number of amides is 1. The van der Waals surface area contributed by atoms with Crippen LogP contribution in [-0.4, -0.2) is 39.5 Å². The van der Waals surface area contributed by atoms with Crippen LogP contribution in [0.25, 0.3) is 11.1 Å². The summed E-state index contributed by atoms with van der Waals surface area (Å²) in [6.07, 6.45) is 4.38. The minimum Gasteiger partial charge on any atom is -0.481 e. The van der Waals surface area contributed by atoms with Crippen molar-refractivity contribution >= 4 is 23.0 Å². The zero-order valence-electron chi connectivity index (χ0n) is 13.6. The Morgan fingerprint density at radius 1 is 1.25 bits per heavy atom. The van der Waals surface area contributed by atoms with Crippen molar-refractivity contribution < 1.29 is 19.1 Å². The first-order chi connectivity index (χ1) is 11.6. The number of benzene rings is 1. The van der Waals surface area contributed by atoms with Crippen LogP contribution in [-0.2, 0) is 16.0 Å². The minimum absolute atomic E-state index is 0.0472. The fourth-order valence-electron chi connectivity index (χ4n) is 3.30. The van der Waals surface area contributed by atoms with Gasteiger partial charge in [0.25, 0.3) is 0 Å². The molecule has 2 aromatic rings. The molecular formula is C18H22N2O4. The minimum atomic E-state index is -0.806. The van der Waals surface area contributed by atoms with E-state index >= 15 is 0 Å². The van der Waals surface area contributed by atoms with Crippen molar-refractivity contribution in [1.29, 1.82) is 0 Å². The highest BCUT2D eigenvalue weighted by atomic mass is 16.4. The molecule has 6 nitrogen and oxygen atoms in total. The van der Waals surface area contributed by atoms with Crippen molar-refractivity contribution in [2.75, 3.05) is 6.54 Å². The second-order valence-electron chi connectivity index (χ2n) is 6.24. The van der Waals surface area contributed by atoms with Gasteiger partial charge in [0.15, 0.2) is 11.5 Å². The summed E-state index contributed by atoms with van der Waals surface area (Å²) in [7, 11) is 0. The average molecular weight is 330 g/mol. The van der Waals surface area contributed by atoms with Crippen molar-refractivity contribution in [3.63, 3.8) is 0 Å². The Balaban J connectivity index is 1.58. The van der Waals surface area contributed by atoms with Gasteiger partial charge >= 0.3 is 5.97 Å². The van der Waals surface area contributed by atoms with E-state index in [1.807, 2.05) is 29.2 Å². The Morgan fingerprint density at radius 3 is 2.88 bits per heavy atom. The molecule has 128 valence electrons. The van der Waals surface area contributed by atoms with Crippen molar-refractivity contribution in [3.05, 3.63) is 30.2 Å². The van der Waals surface area contributed by atoms with Gasteiger partial charge in [-0.3, -0.25) is 9.59 Å². The van der Waals surface area contributed by atoms with E-state index in [0.717, 1.165) is 36.9 Å². The lowest BCUT2D eigenvalue weighted by molar-refractivity contribution is -0.140. The lowest BCUT2D eigenvalue weighted by atomic mass is 9.97. The maximum absolute atomic E-state index is 12.6. The Morgan fingerprint density at radius 2 is 2.08 bits per heavy atom. The fraction of sp³-hybridized carbons (Fsp3) is 0.500. The largest absolute Gasteiger partial charge is 0.481 e. The molecule has 1 saturated heterocycles. The van der Waals surface area contributed by atoms with Crippen LogP contribution in [0.4, 0.5) is 0 Å². The molecular weight excluding hydrogens is 308 g/mol. The normalized spacial score (nSPS) is 18.0. The molecule has 1 aliphatic rings. The van der Waals surface area contributed by atoms with Crippen molar-refractivity contribution in [1.82, 2.24) is 9.88 Å². The molecule has 2 heterocycles. The molecule has 6 heteroatoms. The first-order valence-corrected chi connectivity index (χ1v) is 8.49. The predicted octanol–water partition coefficient (Wildman–Crippen LogP) is 3.01. The molecule has 1 aromatic carbocycles. The third-order valence-electron chi connectivity index (χ3n) is 4.53. The van der Waals surface area contributed by atoms with E-state index in [1.165, 1.54) is 0 Å². The van der Waals surface area contributed by atoms with Crippen LogP contribution in [0.5, 0.6) is 0 Å². The molecule has 1 fully saturated rings. The van der Waals surface area contributed by atoms with Crippen LogP contribution in [0.2, 0.25) is 0 Å². The van der Waals surface area contributed by atoms with Crippen LogP contribution in [0.15, 0.2) is 28.7 Å². The third-order valence-corrected chi connectivity index (χ3v) is 4.53. The van der Waals surface area contributed by atoms with Gasteiger partial charge in [0.05, 0.1) is 0 Å². The van der Waals surface area contributed by atoms with Gasteiger partial charge in [0, 0.05) is 31.8 Å². The summed E-state index contributed by atoms with van der Waals surface area (Å²) < 4.78 is 5.65. The molecule has 1 amide bonds. The number of hydrogen-bond acceptors (Lipinski definition) is 4. The van der Waals surface area contributed by atoms with E-state index in [-0.39, 0.29) is 18.4 Å². The Kier molecular flexibility index (Phi) is 5.13. The van der Waals surface area contributed by atoms with E-state index < -0.39 is 5.97 Å². The number of carboxylic acid groups (broad SMARTS) is 1. The number of carboxylic acids is 1. The second-order valence-corrected chi connectivity index (χ2v) is 6.24. The zero-order chi connectivity index (χ0) is 16.9. The highest BCUT2D eigenvalue weighted by molar-refractivity contribution is 5.77. The quantitative estimate of drug-likeness (QED) is 0.880. The highest BCUT2D eigenvalue weighted by Crippen LogP contribution is 2.23. The number of carbonyl (C=O) groups excluding carboxylic acids is 1. The number of hydrogen-bond donors (Lipinski definition) is 1. The summed E-state index contributed by atoms with van der Waals surface area (Å²) in [5, 5.41) is 8.87. The standard InChI is InChI=1S/C18H22N2O4/c21-17(20-12-4-3-5-13(20)8-11-18(22)23)10-9-16-19-14-6-1-2-7-15(14)24-16/h1-2,6-7,13H,3-5,8-12H2,(H,22,23). The number of nitrogens with zero attached hydrogens (tertiary/aromatic N) is 2. The van der Waals surface area contributed by atoms with Gasteiger partial charge in [-0.1, -0.05) is 12.1 Å². The van der Waals surface area contributed by atoms with Gasteiger partial charge in [-0.25, -0.2) is 4.98 Å². The Hall–Kier alpha value is -2.37. The lowest BCUT2D eigenvalue weighted by Gasteiger charge is -2.35. The Bertz CT molecular complexity index is 692. The number of oxazole rings is 1. The summed E-state index contributed by atoms with van der Waals surface area (Å²) in [5.41, 5.74) is 1.54. The number of aryl methyl sites for hydroxylation is 1. The number of aliphatic carboxylic acids is 1. The molecule has 1 atom stereocenters. The number of para-hydroxylation sites is 2. The van der Waals surface area contributed by atoms with Crippen LogP contribution >= 0.6 is 0 Å². The molecule has 0 saturated carbocycles. The van der Waals surface area contributed by atoms with Crippen molar-refractivity contribution in [2.24, 2.45) is 0 Å². The van der Waals surface area contributed by atoms with Gasteiger partial charge in [-0.2, -0.15) is 0 Å². The van der Waals surface area contributed by atoms with E-state index in [2.05, 4.69) is 4.98 Å². The topological polar surface area (TPSA) is 83.6 Å². The molecule has 1 unspecified atom stereocenters. The molecule has 1 aromatic heterocycles. The molecule has 0 spiro atoms. The average Bonchev–Trinajstić information content (AvgIpc) is 3.01. The monoisotopic (exact) mass is 330 g/mol. The van der Waals surface area contributed by atoms with Gasteiger partial charge in [-0.05, 0) is 37.8 Å². The number of piperidine rings is 1. The third kappa shape index (κ3) is 3.93. The number of carbonyl (C=O) groups is 2. The summed E-state index contributed by atoms with van der Waals surface area (Å²) in [5.74, 6) is -0.171. The maximum atomic E-state index is 12.6. The highest BCUT2D eigenvalue weighted by Gasteiger charge is 2.27. The number of aromatic nitrogens is 1. The van der Waals surface area contributed by atoms with Gasteiger partial charge in [-0.15, -0.1) is 0 Å². The summed E-state index contributed by atoms with van der Waals surface area (Å²) >= 11 is 0. The summed E-state index contributed by atoms with van der Waals surface area (Å²) in [6.45, 7) is 0.719. The van der Waals surface area contributed by atoms with Gasteiger partial charge in [0.2, 0.25) is 5.91 Å². The first-order valence-electron chi connectivity index (χ1n) is 8.49. The van der Waals surface area contributed by atoms with Gasteiger partial charge < -0.3 is 14.4 Å². The van der Waals surface area contributed by atoms with E-state index in [0.29, 0.717) is 25.2 Å². The molecule has 0 bridgehead atoms. The van der Waals surface area contributed by atoms with E-state index in [4.69, 9.17) is 9.52 Å².